The van der Waals surface area contributed by atoms with Crippen molar-refractivity contribution >= 4 is 47.3 Å². The molecular formula is C21H38N6O8S. The highest BCUT2D eigenvalue weighted by molar-refractivity contribution is 7.98. The van der Waals surface area contributed by atoms with Crippen molar-refractivity contribution in [1.82, 2.24) is 16.0 Å². The Morgan fingerprint density at radius 1 is 0.778 bits per heavy atom. The first-order valence-corrected chi connectivity index (χ1v) is 12.9. The number of hydrogen-bond donors (Lipinski definition) is 8. The summed E-state index contributed by atoms with van der Waals surface area (Å²) in [5.41, 5.74) is 16.3. The van der Waals surface area contributed by atoms with Gasteiger partial charge in [-0.1, -0.05) is 0 Å². The molecule has 0 aliphatic heterocycles. The molecule has 206 valence electrons. The second-order valence-electron chi connectivity index (χ2n) is 8.13. The molecule has 4 amide bonds. The molecule has 36 heavy (non-hydrogen) atoms. The smallest absolute Gasteiger partial charge is 0.326 e. The second kappa shape index (κ2) is 18.4. The number of nitrogens with one attached hydrogen (secondary N) is 3. The highest BCUT2D eigenvalue weighted by Gasteiger charge is 2.30. The van der Waals surface area contributed by atoms with E-state index in [1.54, 1.807) is 6.26 Å². The minimum atomic E-state index is -1.30. The van der Waals surface area contributed by atoms with Crippen LogP contribution in [0.4, 0.5) is 0 Å². The van der Waals surface area contributed by atoms with E-state index in [-0.39, 0.29) is 38.5 Å². The number of carboxylic acid groups (broad SMARTS) is 2. The quantitative estimate of drug-likeness (QED) is 0.0782. The monoisotopic (exact) mass is 534 g/mol. The molecule has 0 aliphatic rings. The Hall–Kier alpha value is -2.91. The fraction of sp³-hybridized carbons (Fsp3) is 0.714. The van der Waals surface area contributed by atoms with E-state index in [2.05, 4.69) is 16.0 Å². The Balaban J connectivity index is 5.47. The lowest BCUT2D eigenvalue weighted by Crippen LogP contribution is -2.57. The lowest BCUT2D eigenvalue weighted by atomic mass is 10.1. The van der Waals surface area contributed by atoms with Crippen LogP contribution in [-0.4, -0.2) is 88.5 Å². The summed E-state index contributed by atoms with van der Waals surface area (Å²) in [5.74, 6) is -4.96. The van der Waals surface area contributed by atoms with Gasteiger partial charge in [0.1, 0.15) is 18.1 Å². The average molecular weight is 535 g/mol. The normalized spacial score (nSPS) is 14.1. The van der Waals surface area contributed by atoms with Crippen molar-refractivity contribution < 1.29 is 39.0 Å². The van der Waals surface area contributed by atoms with Crippen molar-refractivity contribution in [3.63, 3.8) is 0 Å². The minimum absolute atomic E-state index is 0.120. The van der Waals surface area contributed by atoms with Crippen LogP contribution in [0.15, 0.2) is 0 Å². The highest BCUT2D eigenvalue weighted by Crippen LogP contribution is 2.07. The van der Waals surface area contributed by atoms with Crippen LogP contribution in [0.3, 0.4) is 0 Å². The van der Waals surface area contributed by atoms with Crippen LogP contribution in [0, 0.1) is 0 Å². The molecule has 15 heteroatoms. The van der Waals surface area contributed by atoms with E-state index in [4.69, 9.17) is 22.3 Å². The van der Waals surface area contributed by atoms with E-state index in [1.807, 2.05) is 0 Å². The third-order valence-corrected chi connectivity index (χ3v) is 5.77. The number of carboxylic acids is 2. The summed E-state index contributed by atoms with van der Waals surface area (Å²) in [7, 11) is 0. The van der Waals surface area contributed by atoms with Crippen molar-refractivity contribution in [2.24, 2.45) is 17.2 Å². The molecule has 0 saturated heterocycles. The molecule has 0 fully saturated rings. The van der Waals surface area contributed by atoms with Gasteiger partial charge in [-0.15, -0.1) is 0 Å². The molecular weight excluding hydrogens is 496 g/mol. The highest BCUT2D eigenvalue weighted by atomic mass is 32.2. The first-order valence-electron chi connectivity index (χ1n) is 11.5. The Kier molecular flexibility index (Phi) is 16.9. The van der Waals surface area contributed by atoms with Gasteiger partial charge in [0.25, 0.3) is 0 Å². The van der Waals surface area contributed by atoms with Gasteiger partial charge in [-0.25, -0.2) is 4.79 Å². The number of nitrogens with two attached hydrogens (primary N) is 3. The van der Waals surface area contributed by atoms with E-state index >= 15 is 0 Å². The van der Waals surface area contributed by atoms with Crippen LogP contribution in [0.1, 0.15) is 51.4 Å². The summed E-state index contributed by atoms with van der Waals surface area (Å²) in [5, 5.41) is 25.5. The summed E-state index contributed by atoms with van der Waals surface area (Å²) in [6, 6.07) is -4.79. The van der Waals surface area contributed by atoms with Crippen molar-refractivity contribution in [2.45, 2.75) is 75.5 Å². The number of rotatable bonds is 20. The predicted molar refractivity (Wildman–Crippen MR) is 133 cm³/mol. The number of aliphatic carboxylic acids is 2. The van der Waals surface area contributed by atoms with E-state index in [1.165, 1.54) is 11.8 Å². The molecule has 0 aromatic carbocycles. The van der Waals surface area contributed by atoms with Crippen LogP contribution in [0.5, 0.6) is 0 Å². The third kappa shape index (κ3) is 14.5. The first kappa shape index (κ1) is 33.1. The molecule has 0 saturated carbocycles. The van der Waals surface area contributed by atoms with Crippen molar-refractivity contribution in [2.75, 3.05) is 18.6 Å². The first-order chi connectivity index (χ1) is 16.9. The maximum Gasteiger partial charge on any atom is 0.326 e. The Bertz CT molecular complexity index is 769. The van der Waals surface area contributed by atoms with E-state index in [0.717, 1.165) is 0 Å². The van der Waals surface area contributed by atoms with Crippen LogP contribution in [-0.2, 0) is 28.8 Å². The number of amides is 4. The number of carbonyl (C=O) groups excluding carboxylic acids is 4. The molecule has 0 aliphatic carbocycles. The lowest BCUT2D eigenvalue weighted by molar-refractivity contribution is -0.142. The zero-order chi connectivity index (χ0) is 27.7. The molecule has 0 aromatic heterocycles. The number of unbranched alkanes of at least 4 members (excludes halogenated alkanes) is 1. The van der Waals surface area contributed by atoms with Gasteiger partial charge in [0.2, 0.25) is 23.6 Å². The molecule has 0 bridgehead atoms. The molecule has 4 atom stereocenters. The molecule has 0 radical (unpaired) electrons. The SMILES string of the molecule is CSCCC(NC(=O)C(N)CCC(=O)O)C(=O)NC(CCC(N)=O)C(=O)NC(CCCCN)C(=O)O. The zero-order valence-corrected chi connectivity index (χ0v) is 21.2. The molecule has 0 spiro atoms. The molecule has 0 aromatic rings. The summed E-state index contributed by atoms with van der Waals surface area (Å²) >= 11 is 1.40. The predicted octanol–water partition coefficient (Wildman–Crippen LogP) is -2.13. The van der Waals surface area contributed by atoms with Crippen molar-refractivity contribution in [3.8, 4) is 0 Å². The largest absolute Gasteiger partial charge is 0.481 e. The van der Waals surface area contributed by atoms with E-state index in [0.29, 0.717) is 25.1 Å². The van der Waals surface area contributed by atoms with E-state index in [9.17, 15) is 33.9 Å². The summed E-state index contributed by atoms with van der Waals surface area (Å²) < 4.78 is 0. The fourth-order valence-electron chi connectivity index (χ4n) is 3.04. The topological polar surface area (TPSA) is 257 Å². The fourth-order valence-corrected chi connectivity index (χ4v) is 3.51. The molecule has 14 nitrogen and oxygen atoms in total. The van der Waals surface area contributed by atoms with Crippen molar-refractivity contribution in [1.29, 1.82) is 0 Å². The van der Waals surface area contributed by atoms with Crippen molar-refractivity contribution in [3.05, 3.63) is 0 Å². The maximum absolute atomic E-state index is 13.0. The zero-order valence-electron chi connectivity index (χ0n) is 20.4. The van der Waals surface area contributed by atoms with Gasteiger partial charge in [0, 0.05) is 12.8 Å². The van der Waals surface area contributed by atoms with Gasteiger partial charge in [0.05, 0.1) is 6.04 Å². The molecule has 11 N–H and O–H groups in total. The Morgan fingerprint density at radius 2 is 1.33 bits per heavy atom. The summed E-state index contributed by atoms with van der Waals surface area (Å²) in [4.78, 5) is 71.7. The number of thioether (sulfide) groups is 1. The van der Waals surface area contributed by atoms with Gasteiger partial charge < -0.3 is 43.4 Å². The van der Waals surface area contributed by atoms with Crippen LogP contribution < -0.4 is 33.2 Å². The molecule has 0 rings (SSSR count). The van der Waals surface area contributed by atoms with Gasteiger partial charge in [0.15, 0.2) is 0 Å². The summed E-state index contributed by atoms with van der Waals surface area (Å²) in [6.45, 7) is 0.362. The number of primary amides is 1. The van der Waals surface area contributed by atoms with Crippen LogP contribution in [0.25, 0.3) is 0 Å². The Morgan fingerprint density at radius 3 is 1.83 bits per heavy atom. The standard InChI is InChI=1S/C21H38N6O8S/c1-36-11-9-14(25-18(31)12(23)5-8-17(29)30)20(33)26-13(6-7-16(24)28)19(32)27-15(21(34)35)4-2-3-10-22/h12-15H,2-11,22-23H2,1H3,(H2,24,28)(H,25,31)(H,26,33)(H,27,32)(H,29,30)(H,34,35). The average Bonchev–Trinajstić information content (AvgIpc) is 2.81. The lowest BCUT2D eigenvalue weighted by Gasteiger charge is -2.25. The van der Waals surface area contributed by atoms with Crippen LogP contribution >= 0.6 is 11.8 Å². The molecule has 4 unspecified atom stereocenters. The van der Waals surface area contributed by atoms with Crippen LogP contribution in [0.2, 0.25) is 0 Å². The number of hydrogen-bond acceptors (Lipinski definition) is 9. The second-order valence-corrected chi connectivity index (χ2v) is 9.12. The van der Waals surface area contributed by atoms with Gasteiger partial charge in [-0.05, 0) is 57.1 Å². The summed E-state index contributed by atoms with van der Waals surface area (Å²) in [6.07, 6.45) is 2.18. The van der Waals surface area contributed by atoms with Gasteiger partial charge >= 0.3 is 11.9 Å². The van der Waals surface area contributed by atoms with E-state index < -0.39 is 59.7 Å². The Labute approximate surface area is 213 Å². The maximum atomic E-state index is 13.0. The minimum Gasteiger partial charge on any atom is -0.481 e. The van der Waals surface area contributed by atoms with Gasteiger partial charge in [-0.2, -0.15) is 11.8 Å². The third-order valence-electron chi connectivity index (χ3n) is 5.12. The molecule has 0 heterocycles. The number of carbonyl (C=O) groups is 6. The van der Waals surface area contributed by atoms with Gasteiger partial charge in [-0.3, -0.25) is 24.0 Å².